The Morgan fingerprint density at radius 2 is 1.71 bits per heavy atom. The van der Waals surface area contributed by atoms with Gasteiger partial charge in [0.15, 0.2) is 6.79 Å². The first-order valence-corrected chi connectivity index (χ1v) is 12.5. The molecule has 0 atom stereocenters. The fourth-order valence-electron chi connectivity index (χ4n) is 2.17. The Morgan fingerprint density at radius 3 is 2.36 bits per heavy atom. The Kier molecular flexibility index (Phi) is 7.55. The van der Waals surface area contributed by atoms with Crippen LogP contribution in [0.25, 0.3) is 0 Å². The summed E-state index contributed by atoms with van der Waals surface area (Å²) in [6, 6.07) is 14.1. The Morgan fingerprint density at radius 1 is 1.00 bits per heavy atom. The fourth-order valence-corrected chi connectivity index (χ4v) is 2.79. The minimum Gasteiger partial charge on any atom is -0.466 e. The quantitative estimate of drug-likeness (QED) is 0.250. The van der Waals surface area contributed by atoms with E-state index in [4.69, 9.17) is 9.47 Å². The SMILES string of the molecule is C[Si](C)(C)CC#Cc1cc(OC(F)(F)F)ccc1OCOCc1ccccc1. The molecule has 0 radical (unpaired) electrons. The third-order valence-corrected chi connectivity index (χ3v) is 4.67. The van der Waals surface area contributed by atoms with E-state index in [-0.39, 0.29) is 12.5 Å². The minimum atomic E-state index is -4.76. The zero-order chi connectivity index (χ0) is 20.6. The highest BCUT2D eigenvalue weighted by molar-refractivity contribution is 6.76. The lowest BCUT2D eigenvalue weighted by Gasteiger charge is -2.13. The van der Waals surface area contributed by atoms with E-state index in [9.17, 15) is 13.2 Å². The lowest BCUT2D eigenvalue weighted by molar-refractivity contribution is -0.274. The molecule has 0 fully saturated rings. The number of benzene rings is 2. The smallest absolute Gasteiger partial charge is 0.466 e. The van der Waals surface area contributed by atoms with Crippen molar-refractivity contribution in [3.8, 4) is 23.3 Å². The molecular weight excluding hydrogens is 385 g/mol. The monoisotopic (exact) mass is 408 g/mol. The second-order valence-corrected chi connectivity index (χ2v) is 12.8. The summed E-state index contributed by atoms with van der Waals surface area (Å²) in [4.78, 5) is 0. The van der Waals surface area contributed by atoms with Crippen LogP contribution in [0.15, 0.2) is 48.5 Å². The van der Waals surface area contributed by atoms with Gasteiger partial charge in [-0.15, -0.1) is 19.1 Å². The van der Waals surface area contributed by atoms with Crippen molar-refractivity contribution in [2.45, 2.75) is 38.7 Å². The summed E-state index contributed by atoms with van der Waals surface area (Å²) >= 11 is 0. The van der Waals surface area contributed by atoms with Crippen molar-refractivity contribution in [2.75, 3.05) is 6.79 Å². The highest BCUT2D eigenvalue weighted by atomic mass is 28.3. The highest BCUT2D eigenvalue weighted by Gasteiger charge is 2.31. The Bertz CT molecular complexity index is 819. The highest BCUT2D eigenvalue weighted by Crippen LogP contribution is 2.28. The van der Waals surface area contributed by atoms with E-state index in [2.05, 4.69) is 36.2 Å². The van der Waals surface area contributed by atoms with E-state index in [0.29, 0.717) is 17.9 Å². The molecule has 0 saturated heterocycles. The molecule has 0 aliphatic rings. The van der Waals surface area contributed by atoms with Crippen LogP contribution in [-0.2, 0) is 11.3 Å². The third-order valence-electron chi connectivity index (χ3n) is 3.44. The van der Waals surface area contributed by atoms with Gasteiger partial charge in [0, 0.05) is 6.04 Å². The van der Waals surface area contributed by atoms with Gasteiger partial charge in [-0.1, -0.05) is 55.9 Å². The van der Waals surface area contributed by atoms with Gasteiger partial charge in [0.1, 0.15) is 11.5 Å². The molecule has 0 bridgehead atoms. The molecule has 0 amide bonds. The normalized spacial score (nSPS) is 11.5. The van der Waals surface area contributed by atoms with Gasteiger partial charge in [0.2, 0.25) is 0 Å². The Labute approximate surface area is 164 Å². The van der Waals surface area contributed by atoms with Crippen LogP contribution in [0.4, 0.5) is 13.2 Å². The number of alkyl halides is 3. The first-order valence-electron chi connectivity index (χ1n) is 8.75. The van der Waals surface area contributed by atoms with Crippen molar-refractivity contribution in [3.63, 3.8) is 0 Å². The maximum atomic E-state index is 12.5. The summed E-state index contributed by atoms with van der Waals surface area (Å²) in [5, 5.41) is 0. The number of rotatable bonds is 7. The van der Waals surface area contributed by atoms with Crippen molar-refractivity contribution < 1.29 is 27.4 Å². The standard InChI is InChI=1S/C21H23F3O3Si/c1-28(2,3)13-7-10-18-14-19(27-21(22,23)24)11-12-20(18)26-16-25-15-17-8-5-4-6-9-17/h4-6,8-9,11-12,14H,13,15-16H2,1-3H3. The van der Waals surface area contributed by atoms with Gasteiger partial charge in [-0.3, -0.25) is 0 Å². The lowest BCUT2D eigenvalue weighted by Crippen LogP contribution is -2.17. The molecule has 2 rings (SSSR count). The molecule has 2 aromatic carbocycles. The van der Waals surface area contributed by atoms with Crippen LogP contribution in [0.5, 0.6) is 11.5 Å². The van der Waals surface area contributed by atoms with E-state index < -0.39 is 14.4 Å². The molecule has 0 aromatic heterocycles. The second kappa shape index (κ2) is 9.67. The van der Waals surface area contributed by atoms with Crippen LogP contribution in [0.2, 0.25) is 25.7 Å². The first-order chi connectivity index (χ1) is 13.1. The van der Waals surface area contributed by atoms with E-state index in [1.807, 2.05) is 30.3 Å². The summed E-state index contributed by atoms with van der Waals surface area (Å²) < 4.78 is 52.5. The average Bonchev–Trinajstić information content (AvgIpc) is 2.58. The summed E-state index contributed by atoms with van der Waals surface area (Å²) in [6.07, 6.45) is -4.76. The van der Waals surface area contributed by atoms with Crippen LogP contribution in [0.1, 0.15) is 11.1 Å². The zero-order valence-corrected chi connectivity index (χ0v) is 17.1. The maximum Gasteiger partial charge on any atom is 0.573 e. The molecule has 150 valence electrons. The van der Waals surface area contributed by atoms with Crippen molar-refractivity contribution in [1.29, 1.82) is 0 Å². The van der Waals surface area contributed by atoms with Crippen LogP contribution >= 0.6 is 0 Å². The summed E-state index contributed by atoms with van der Waals surface area (Å²) in [5.74, 6) is 5.98. The minimum absolute atomic E-state index is 0.0446. The number of hydrogen-bond acceptors (Lipinski definition) is 3. The molecular formula is C21H23F3O3Si. The molecule has 3 nitrogen and oxygen atoms in total. The van der Waals surface area contributed by atoms with Crippen LogP contribution in [-0.4, -0.2) is 21.2 Å². The Balaban J connectivity index is 2.07. The summed E-state index contributed by atoms with van der Waals surface area (Å²) in [7, 11) is -1.40. The fraction of sp³-hybridized carbons (Fsp3) is 0.333. The second-order valence-electron chi connectivity index (χ2n) is 7.34. The summed E-state index contributed by atoms with van der Waals surface area (Å²) in [6.45, 7) is 6.82. The van der Waals surface area contributed by atoms with Crippen LogP contribution in [0.3, 0.4) is 0 Å². The number of halogens is 3. The molecule has 0 heterocycles. The zero-order valence-electron chi connectivity index (χ0n) is 16.1. The van der Waals surface area contributed by atoms with Crippen LogP contribution < -0.4 is 9.47 Å². The molecule has 0 N–H and O–H groups in total. The largest absolute Gasteiger partial charge is 0.573 e. The van der Waals surface area contributed by atoms with Gasteiger partial charge in [-0.05, 0) is 23.8 Å². The first kappa shape index (κ1) is 21.9. The molecule has 0 aliphatic heterocycles. The van der Waals surface area contributed by atoms with Crippen molar-refractivity contribution >= 4 is 8.07 Å². The maximum absolute atomic E-state index is 12.5. The third kappa shape index (κ3) is 8.50. The molecule has 0 saturated carbocycles. The van der Waals surface area contributed by atoms with E-state index >= 15 is 0 Å². The van der Waals surface area contributed by atoms with Gasteiger partial charge in [0.05, 0.1) is 20.2 Å². The molecule has 7 heteroatoms. The Hall–Kier alpha value is -2.43. The molecule has 0 unspecified atom stereocenters. The summed E-state index contributed by atoms with van der Waals surface area (Å²) in [5.41, 5.74) is 1.33. The van der Waals surface area contributed by atoms with E-state index in [1.165, 1.54) is 18.2 Å². The molecule has 0 spiro atoms. The van der Waals surface area contributed by atoms with E-state index in [0.717, 1.165) is 11.6 Å². The number of ether oxygens (including phenoxy) is 3. The van der Waals surface area contributed by atoms with Crippen LogP contribution in [0, 0.1) is 11.8 Å². The lowest BCUT2D eigenvalue weighted by atomic mass is 10.2. The van der Waals surface area contributed by atoms with Gasteiger partial charge in [0.25, 0.3) is 0 Å². The molecule has 0 aliphatic carbocycles. The molecule has 2 aromatic rings. The van der Waals surface area contributed by atoms with Crippen molar-refractivity contribution in [1.82, 2.24) is 0 Å². The topological polar surface area (TPSA) is 27.7 Å². The van der Waals surface area contributed by atoms with Gasteiger partial charge < -0.3 is 14.2 Å². The number of hydrogen-bond donors (Lipinski definition) is 0. The molecule has 28 heavy (non-hydrogen) atoms. The van der Waals surface area contributed by atoms with Gasteiger partial charge in [-0.2, -0.15) is 0 Å². The van der Waals surface area contributed by atoms with Gasteiger partial charge >= 0.3 is 6.36 Å². The van der Waals surface area contributed by atoms with Gasteiger partial charge in [-0.25, -0.2) is 0 Å². The van der Waals surface area contributed by atoms with Crippen molar-refractivity contribution in [3.05, 3.63) is 59.7 Å². The van der Waals surface area contributed by atoms with Crippen molar-refractivity contribution in [2.24, 2.45) is 0 Å². The predicted molar refractivity (Wildman–Crippen MR) is 105 cm³/mol. The average molecular weight is 408 g/mol. The predicted octanol–water partition coefficient (Wildman–Crippen LogP) is 5.83. The van der Waals surface area contributed by atoms with E-state index in [1.54, 1.807) is 0 Å².